The molecule has 0 aromatic carbocycles. The van der Waals surface area contributed by atoms with Crippen molar-refractivity contribution in [2.75, 3.05) is 6.16 Å². The average molecular weight is 117 g/mol. The van der Waals surface area contributed by atoms with E-state index in [1.54, 1.807) is 0 Å². The fourth-order valence-electron chi connectivity index (χ4n) is 0.239. The maximum Gasteiger partial charge on any atom is 0.00326 e. The van der Waals surface area contributed by atoms with E-state index in [4.69, 9.17) is 0 Å². The third kappa shape index (κ3) is 5.97. The molecule has 0 aliphatic heterocycles. The van der Waals surface area contributed by atoms with E-state index in [0.29, 0.717) is 0 Å². The Balaban J connectivity index is 2.82. The summed E-state index contributed by atoms with van der Waals surface area (Å²) in [4.78, 5) is 0. The van der Waals surface area contributed by atoms with Crippen molar-refractivity contribution in [3.05, 3.63) is 12.3 Å². The Hall–Kier alpha value is -0.0300. The van der Waals surface area contributed by atoms with Crippen LogP contribution < -0.4 is 5.09 Å². The van der Waals surface area contributed by atoms with Crippen molar-refractivity contribution in [3.8, 4) is 0 Å². The van der Waals surface area contributed by atoms with E-state index in [1.165, 1.54) is 6.16 Å². The van der Waals surface area contributed by atoms with Crippen molar-refractivity contribution in [3.63, 3.8) is 0 Å². The van der Waals surface area contributed by atoms with Gasteiger partial charge in [-0.1, -0.05) is 13.5 Å². The van der Waals surface area contributed by atoms with Crippen LogP contribution >= 0.6 is 8.73 Å². The Morgan fingerprint density at radius 1 is 1.86 bits per heavy atom. The first-order chi connectivity index (χ1) is 3.27. The molecule has 0 saturated heterocycles. The lowest BCUT2D eigenvalue weighted by Gasteiger charge is -1.98. The zero-order valence-electron chi connectivity index (χ0n) is 4.91. The molecule has 1 N–H and O–H groups in total. The molecule has 2 heteroatoms. The van der Waals surface area contributed by atoms with Crippen LogP contribution in [0.15, 0.2) is 12.3 Å². The van der Waals surface area contributed by atoms with E-state index < -0.39 is 0 Å². The van der Waals surface area contributed by atoms with Crippen molar-refractivity contribution in [2.45, 2.75) is 13.8 Å². The molecule has 1 nitrogen and oxygen atoms in total. The standard InChI is InChI=1S/C5H12NP/c1-4-7-6-5(2)3/h6-7H,2,4H2,1,3H3. The van der Waals surface area contributed by atoms with Gasteiger partial charge in [0.1, 0.15) is 0 Å². The maximum atomic E-state index is 3.69. The average Bonchev–Trinajstić information content (AvgIpc) is 1.61. The van der Waals surface area contributed by atoms with Crippen LogP contribution in [-0.4, -0.2) is 6.16 Å². The first kappa shape index (κ1) is 6.97. The Labute approximate surface area is 47.0 Å². The Morgan fingerprint density at radius 3 is 2.57 bits per heavy atom. The smallest absolute Gasteiger partial charge is 0.00326 e. The SMILES string of the molecule is C=C(C)NPCC. The second kappa shape index (κ2) is 4.14. The molecular formula is C5H12NP. The van der Waals surface area contributed by atoms with Gasteiger partial charge in [0.2, 0.25) is 0 Å². The predicted octanol–water partition coefficient (Wildman–Crippen LogP) is 1.72. The molecule has 0 heterocycles. The van der Waals surface area contributed by atoms with Crippen LogP contribution in [-0.2, 0) is 0 Å². The Morgan fingerprint density at radius 2 is 2.43 bits per heavy atom. The molecule has 0 bridgehead atoms. The van der Waals surface area contributed by atoms with E-state index in [1.807, 2.05) is 6.92 Å². The van der Waals surface area contributed by atoms with Gasteiger partial charge in [-0.05, 0) is 21.8 Å². The van der Waals surface area contributed by atoms with Gasteiger partial charge < -0.3 is 5.09 Å². The highest BCUT2D eigenvalue weighted by molar-refractivity contribution is 7.35. The summed E-state index contributed by atoms with van der Waals surface area (Å²) in [5.41, 5.74) is 1.07. The Kier molecular flexibility index (Phi) is 4.12. The van der Waals surface area contributed by atoms with Gasteiger partial charge in [0.05, 0.1) is 0 Å². The lowest BCUT2D eigenvalue weighted by Crippen LogP contribution is -1.94. The Bertz CT molecular complexity index is 61.1. The van der Waals surface area contributed by atoms with Crippen LogP contribution in [0, 0.1) is 0 Å². The van der Waals surface area contributed by atoms with E-state index in [2.05, 4.69) is 18.6 Å². The monoisotopic (exact) mass is 117 g/mol. The minimum Gasteiger partial charge on any atom is -0.371 e. The first-order valence-corrected chi connectivity index (χ1v) is 3.62. The van der Waals surface area contributed by atoms with Crippen LogP contribution in [0.1, 0.15) is 13.8 Å². The summed E-state index contributed by atoms with van der Waals surface area (Å²) in [6.45, 7) is 7.81. The number of nitrogens with one attached hydrogen (secondary N) is 1. The predicted molar refractivity (Wildman–Crippen MR) is 36.8 cm³/mol. The van der Waals surface area contributed by atoms with E-state index in [0.717, 1.165) is 14.4 Å². The quantitative estimate of drug-likeness (QED) is 0.555. The summed E-state index contributed by atoms with van der Waals surface area (Å²) in [5.74, 6) is 0. The molecule has 0 aromatic heterocycles. The van der Waals surface area contributed by atoms with Gasteiger partial charge in [-0.25, -0.2) is 0 Å². The zero-order valence-corrected chi connectivity index (χ0v) is 5.91. The lowest BCUT2D eigenvalue weighted by atomic mass is 10.6. The molecule has 0 saturated carbocycles. The van der Waals surface area contributed by atoms with Crippen LogP contribution in [0.2, 0.25) is 0 Å². The summed E-state index contributed by atoms with van der Waals surface area (Å²) in [5, 5.41) is 3.13. The third-order valence-corrected chi connectivity index (χ3v) is 1.44. The molecule has 0 radical (unpaired) electrons. The van der Waals surface area contributed by atoms with Gasteiger partial charge in [0.15, 0.2) is 0 Å². The molecule has 1 unspecified atom stereocenters. The van der Waals surface area contributed by atoms with Gasteiger partial charge in [-0.3, -0.25) is 0 Å². The molecule has 0 rings (SSSR count). The van der Waals surface area contributed by atoms with Crippen molar-refractivity contribution in [1.82, 2.24) is 5.09 Å². The largest absolute Gasteiger partial charge is 0.371 e. The van der Waals surface area contributed by atoms with Gasteiger partial charge in [0.25, 0.3) is 0 Å². The van der Waals surface area contributed by atoms with Crippen LogP contribution in [0.25, 0.3) is 0 Å². The van der Waals surface area contributed by atoms with Gasteiger partial charge in [0, 0.05) is 5.70 Å². The van der Waals surface area contributed by atoms with Gasteiger partial charge in [-0.2, -0.15) is 0 Å². The number of hydrogen-bond donors (Lipinski definition) is 1. The summed E-state index contributed by atoms with van der Waals surface area (Å²) in [6.07, 6.45) is 1.20. The topological polar surface area (TPSA) is 12.0 Å². The molecule has 42 valence electrons. The van der Waals surface area contributed by atoms with Crippen molar-refractivity contribution < 1.29 is 0 Å². The van der Waals surface area contributed by atoms with E-state index in [-0.39, 0.29) is 0 Å². The van der Waals surface area contributed by atoms with E-state index in [9.17, 15) is 0 Å². The second-order valence-electron chi connectivity index (χ2n) is 1.44. The van der Waals surface area contributed by atoms with Gasteiger partial charge in [-0.15, -0.1) is 0 Å². The van der Waals surface area contributed by atoms with E-state index >= 15 is 0 Å². The molecule has 0 amide bonds. The third-order valence-electron chi connectivity index (χ3n) is 0.479. The van der Waals surface area contributed by atoms with Crippen LogP contribution in [0.3, 0.4) is 0 Å². The summed E-state index contributed by atoms with van der Waals surface area (Å²) >= 11 is 0. The molecule has 0 aromatic rings. The van der Waals surface area contributed by atoms with Crippen LogP contribution in [0.5, 0.6) is 0 Å². The first-order valence-electron chi connectivity index (χ1n) is 2.41. The van der Waals surface area contributed by atoms with Crippen molar-refractivity contribution >= 4 is 8.73 Å². The maximum absolute atomic E-state index is 3.69. The summed E-state index contributed by atoms with van der Waals surface area (Å²) in [7, 11) is 0.846. The van der Waals surface area contributed by atoms with Crippen LogP contribution in [0.4, 0.5) is 0 Å². The number of rotatable bonds is 3. The molecule has 7 heavy (non-hydrogen) atoms. The summed E-state index contributed by atoms with van der Waals surface area (Å²) < 4.78 is 0. The molecule has 0 aliphatic carbocycles. The zero-order chi connectivity index (χ0) is 5.70. The molecule has 0 spiro atoms. The lowest BCUT2D eigenvalue weighted by molar-refractivity contribution is 1.20. The highest BCUT2D eigenvalue weighted by Crippen LogP contribution is 2.02. The summed E-state index contributed by atoms with van der Waals surface area (Å²) in [6, 6.07) is 0. The normalized spacial score (nSPS) is 10.0. The highest BCUT2D eigenvalue weighted by atomic mass is 31.1. The second-order valence-corrected chi connectivity index (χ2v) is 2.75. The van der Waals surface area contributed by atoms with Gasteiger partial charge >= 0.3 is 0 Å². The molecular weight excluding hydrogens is 105 g/mol. The van der Waals surface area contributed by atoms with Crippen molar-refractivity contribution in [2.24, 2.45) is 0 Å². The highest BCUT2D eigenvalue weighted by Gasteiger charge is 1.76. The molecule has 0 aliphatic rings. The van der Waals surface area contributed by atoms with Crippen molar-refractivity contribution in [1.29, 1.82) is 0 Å². The number of hydrogen-bond acceptors (Lipinski definition) is 1. The minimum atomic E-state index is 0.846. The fraction of sp³-hybridized carbons (Fsp3) is 0.600. The molecule has 0 fully saturated rings. The molecule has 1 atom stereocenters. The fourth-order valence-corrected chi connectivity index (χ4v) is 0.718. The number of allylic oxidation sites excluding steroid dienone is 1. The minimum absolute atomic E-state index is 0.846.